The molecule has 0 bridgehead atoms. The zero-order chi connectivity index (χ0) is 16.4. The lowest BCUT2D eigenvalue weighted by Gasteiger charge is -1.97. The second kappa shape index (κ2) is 5.99. The van der Waals surface area contributed by atoms with E-state index in [1.54, 1.807) is 12.3 Å². The van der Waals surface area contributed by atoms with Gasteiger partial charge in [-0.15, -0.1) is 5.10 Å². The fourth-order valence-electron chi connectivity index (χ4n) is 2.19. The summed E-state index contributed by atoms with van der Waals surface area (Å²) in [6.07, 6.45) is 1.71. The number of aryl methyl sites for hydroxylation is 2. The smallest absolute Gasteiger partial charge is 0.354 e. The minimum absolute atomic E-state index is 0.291. The highest BCUT2D eigenvalue weighted by Gasteiger charge is 2.15. The number of carbonyl (C=O) groups is 1. The van der Waals surface area contributed by atoms with Crippen LogP contribution in [0.5, 0.6) is 0 Å². The minimum Gasteiger partial charge on any atom is -0.466 e. The second-order valence-electron chi connectivity index (χ2n) is 5.01. The fourth-order valence-corrected chi connectivity index (χ4v) is 2.19. The monoisotopic (exact) mass is 316 g/mol. The Hall–Kier alpha value is -3.03. The first-order valence-electron chi connectivity index (χ1n) is 6.97. The van der Waals surface area contributed by atoms with Gasteiger partial charge in [-0.3, -0.25) is 0 Å². The van der Waals surface area contributed by atoms with Crippen molar-refractivity contribution in [2.45, 2.75) is 20.4 Å². The molecule has 120 valence electrons. The summed E-state index contributed by atoms with van der Waals surface area (Å²) in [5.41, 5.74) is 2.03. The molecule has 0 spiro atoms. The van der Waals surface area contributed by atoms with E-state index in [9.17, 15) is 4.79 Å². The summed E-state index contributed by atoms with van der Waals surface area (Å²) in [7, 11) is 1.33. The number of aromatic nitrogens is 3. The molecular formula is C15H16N4O4. The van der Waals surface area contributed by atoms with Crippen molar-refractivity contribution in [1.29, 1.82) is 0 Å². The lowest BCUT2D eigenvalue weighted by atomic mass is 10.2. The van der Waals surface area contributed by atoms with Crippen LogP contribution in [0.3, 0.4) is 0 Å². The molecule has 0 amide bonds. The number of ether oxygens (including phenoxy) is 1. The van der Waals surface area contributed by atoms with Crippen LogP contribution in [-0.4, -0.2) is 28.3 Å². The molecule has 0 radical (unpaired) electrons. The Kier molecular flexibility index (Phi) is 3.88. The Morgan fingerprint density at radius 3 is 2.83 bits per heavy atom. The molecule has 3 aromatic rings. The van der Waals surface area contributed by atoms with Crippen molar-refractivity contribution >= 4 is 12.0 Å². The summed E-state index contributed by atoms with van der Waals surface area (Å²) >= 11 is 0. The molecule has 8 heteroatoms. The average Bonchev–Trinajstić information content (AvgIpc) is 3.24. The van der Waals surface area contributed by atoms with Gasteiger partial charge in [-0.2, -0.15) is 0 Å². The molecule has 23 heavy (non-hydrogen) atoms. The van der Waals surface area contributed by atoms with Crippen LogP contribution >= 0.6 is 0 Å². The quantitative estimate of drug-likeness (QED) is 0.697. The maximum absolute atomic E-state index is 11.4. The number of esters is 1. The summed E-state index contributed by atoms with van der Waals surface area (Å²) < 4.78 is 15.7. The Morgan fingerprint density at radius 1 is 1.30 bits per heavy atom. The van der Waals surface area contributed by atoms with Gasteiger partial charge in [0, 0.05) is 12.7 Å². The zero-order valence-electron chi connectivity index (χ0n) is 13.0. The average molecular weight is 316 g/mol. The highest BCUT2D eigenvalue weighted by Crippen LogP contribution is 2.26. The number of carbonyl (C=O) groups excluding carboxylic acids is 1. The molecule has 3 rings (SSSR count). The third-order valence-corrected chi connectivity index (χ3v) is 3.29. The van der Waals surface area contributed by atoms with E-state index in [0.29, 0.717) is 24.1 Å². The van der Waals surface area contributed by atoms with Crippen molar-refractivity contribution in [3.05, 3.63) is 41.1 Å². The van der Waals surface area contributed by atoms with E-state index in [4.69, 9.17) is 8.83 Å². The Labute approximate surface area is 131 Å². The van der Waals surface area contributed by atoms with Crippen LogP contribution in [0, 0.1) is 13.8 Å². The molecule has 3 aromatic heterocycles. The molecule has 3 heterocycles. The standard InChI is InChI=1S/C15H16N4O4/c1-8-4-11(9(2)22-8)13-18-19-15(23-13)17-7-10-5-12(16-6-10)14(20)21-3/h4-6,16H,7H2,1-3H3,(H,17,19). The Bertz CT molecular complexity index is 830. The van der Waals surface area contributed by atoms with Crippen molar-refractivity contribution in [3.63, 3.8) is 0 Å². The van der Waals surface area contributed by atoms with Crippen LogP contribution in [0.2, 0.25) is 0 Å². The lowest BCUT2D eigenvalue weighted by Crippen LogP contribution is -2.01. The molecule has 0 aliphatic carbocycles. The van der Waals surface area contributed by atoms with Gasteiger partial charge in [-0.1, -0.05) is 5.10 Å². The summed E-state index contributed by atoms with van der Waals surface area (Å²) in [5, 5.41) is 10.9. The molecule has 0 saturated heterocycles. The number of nitrogens with zero attached hydrogens (tertiary/aromatic N) is 2. The largest absolute Gasteiger partial charge is 0.466 e. The van der Waals surface area contributed by atoms with E-state index in [1.165, 1.54) is 7.11 Å². The van der Waals surface area contributed by atoms with E-state index in [2.05, 4.69) is 25.2 Å². The number of rotatable bonds is 5. The van der Waals surface area contributed by atoms with Gasteiger partial charge in [0.25, 0.3) is 5.89 Å². The Balaban J connectivity index is 1.67. The van der Waals surface area contributed by atoms with Crippen molar-refractivity contribution in [1.82, 2.24) is 15.2 Å². The first-order chi connectivity index (χ1) is 11.1. The first-order valence-corrected chi connectivity index (χ1v) is 6.97. The summed E-state index contributed by atoms with van der Waals surface area (Å²) in [4.78, 5) is 14.2. The number of aromatic amines is 1. The van der Waals surface area contributed by atoms with E-state index >= 15 is 0 Å². The number of hydrogen-bond donors (Lipinski definition) is 2. The van der Waals surface area contributed by atoms with Crippen LogP contribution < -0.4 is 5.32 Å². The maximum atomic E-state index is 11.4. The van der Waals surface area contributed by atoms with Gasteiger partial charge in [0.1, 0.15) is 17.2 Å². The number of H-pyrrole nitrogens is 1. The van der Waals surface area contributed by atoms with E-state index in [-0.39, 0.29) is 0 Å². The number of methoxy groups -OCH3 is 1. The van der Waals surface area contributed by atoms with Crippen molar-refractivity contribution in [2.24, 2.45) is 0 Å². The third kappa shape index (κ3) is 3.10. The molecule has 0 fully saturated rings. The highest BCUT2D eigenvalue weighted by atomic mass is 16.5. The van der Waals surface area contributed by atoms with Crippen molar-refractivity contribution in [3.8, 4) is 11.5 Å². The number of hydrogen-bond acceptors (Lipinski definition) is 7. The van der Waals surface area contributed by atoms with E-state index in [1.807, 2.05) is 19.9 Å². The van der Waals surface area contributed by atoms with Gasteiger partial charge in [-0.05, 0) is 31.5 Å². The summed E-state index contributed by atoms with van der Waals surface area (Å²) in [6.45, 7) is 4.13. The van der Waals surface area contributed by atoms with Crippen molar-refractivity contribution in [2.75, 3.05) is 12.4 Å². The molecule has 0 saturated carbocycles. The van der Waals surface area contributed by atoms with Crippen molar-refractivity contribution < 1.29 is 18.4 Å². The zero-order valence-corrected chi connectivity index (χ0v) is 13.0. The number of furan rings is 1. The minimum atomic E-state index is -0.415. The molecule has 0 aliphatic rings. The van der Waals surface area contributed by atoms with Crippen LogP contribution in [-0.2, 0) is 11.3 Å². The van der Waals surface area contributed by atoms with Gasteiger partial charge in [0.15, 0.2) is 0 Å². The predicted molar refractivity (Wildman–Crippen MR) is 80.9 cm³/mol. The highest BCUT2D eigenvalue weighted by molar-refractivity contribution is 5.87. The van der Waals surface area contributed by atoms with Crippen LogP contribution in [0.25, 0.3) is 11.5 Å². The van der Waals surface area contributed by atoms with Gasteiger partial charge in [0.2, 0.25) is 0 Å². The van der Waals surface area contributed by atoms with E-state index < -0.39 is 5.97 Å². The summed E-state index contributed by atoms with van der Waals surface area (Å²) in [5.74, 6) is 1.49. The van der Waals surface area contributed by atoms with Crippen LogP contribution in [0.15, 0.2) is 27.2 Å². The third-order valence-electron chi connectivity index (χ3n) is 3.29. The normalized spacial score (nSPS) is 10.7. The second-order valence-corrected chi connectivity index (χ2v) is 5.01. The molecule has 0 unspecified atom stereocenters. The van der Waals surface area contributed by atoms with Gasteiger partial charge < -0.3 is 23.9 Å². The molecule has 2 N–H and O–H groups in total. The molecule has 8 nitrogen and oxygen atoms in total. The molecular weight excluding hydrogens is 300 g/mol. The van der Waals surface area contributed by atoms with Crippen LogP contribution in [0.1, 0.15) is 27.6 Å². The van der Waals surface area contributed by atoms with Gasteiger partial charge in [-0.25, -0.2) is 4.79 Å². The van der Waals surface area contributed by atoms with Gasteiger partial charge >= 0.3 is 12.0 Å². The van der Waals surface area contributed by atoms with E-state index in [0.717, 1.165) is 22.6 Å². The molecule has 0 aliphatic heterocycles. The maximum Gasteiger partial charge on any atom is 0.354 e. The Morgan fingerprint density at radius 2 is 2.13 bits per heavy atom. The molecule has 0 atom stereocenters. The van der Waals surface area contributed by atoms with Gasteiger partial charge in [0.05, 0.1) is 12.7 Å². The predicted octanol–water partition coefficient (Wildman–Crippen LogP) is 2.67. The fraction of sp³-hybridized carbons (Fsp3) is 0.267. The first kappa shape index (κ1) is 14.9. The lowest BCUT2D eigenvalue weighted by molar-refractivity contribution is 0.0595. The van der Waals surface area contributed by atoms with Crippen LogP contribution in [0.4, 0.5) is 6.01 Å². The SMILES string of the molecule is COC(=O)c1cc(CNc2nnc(-c3cc(C)oc3C)o2)c[nH]1. The number of nitrogens with one attached hydrogen (secondary N) is 2. The molecule has 0 aromatic carbocycles. The topological polar surface area (TPSA) is 106 Å². The number of anilines is 1. The summed E-state index contributed by atoms with van der Waals surface area (Å²) in [6, 6.07) is 3.83.